The number of nitro benzene ring substituents is 1. The van der Waals surface area contributed by atoms with Gasteiger partial charge in [-0.3, -0.25) is 10.1 Å². The molecule has 0 fully saturated rings. The minimum Gasteiger partial charge on any atom is -0.457 e. The molecule has 1 aromatic heterocycles. The lowest BCUT2D eigenvalue weighted by Gasteiger charge is -2.11. The van der Waals surface area contributed by atoms with Gasteiger partial charge in [0.25, 0.3) is 5.69 Å². The van der Waals surface area contributed by atoms with Crippen LogP contribution < -0.4 is 4.74 Å². The number of rotatable bonds is 6. The molecule has 4 aromatic rings. The highest BCUT2D eigenvalue weighted by atomic mass is 16.6. The van der Waals surface area contributed by atoms with Crippen LogP contribution >= 0.6 is 0 Å². The molecule has 142 valence electrons. The van der Waals surface area contributed by atoms with E-state index in [1.54, 1.807) is 23.0 Å². The topological polar surface area (TPSA) is 83.1 Å². The van der Waals surface area contributed by atoms with Gasteiger partial charge in [0.2, 0.25) is 0 Å². The Kier molecular flexibility index (Phi) is 5.11. The van der Waals surface area contributed by atoms with E-state index in [9.17, 15) is 10.1 Å². The molecule has 0 N–H and O–H groups in total. The summed E-state index contributed by atoms with van der Waals surface area (Å²) in [6.45, 7) is 0. The summed E-state index contributed by atoms with van der Waals surface area (Å²) in [6, 6.07) is 25.3. The summed E-state index contributed by atoms with van der Waals surface area (Å²) in [6.07, 6.45) is 3.45. The van der Waals surface area contributed by atoms with Crippen molar-refractivity contribution in [3.8, 4) is 11.4 Å². The molecule has 0 aliphatic carbocycles. The molecule has 4 rings (SSSR count). The van der Waals surface area contributed by atoms with Gasteiger partial charge in [0.15, 0.2) is 0 Å². The van der Waals surface area contributed by atoms with Crippen LogP contribution in [-0.4, -0.2) is 19.9 Å². The van der Waals surface area contributed by atoms with Gasteiger partial charge in [0.05, 0.1) is 22.5 Å². The third kappa shape index (κ3) is 4.19. The first-order valence-electron chi connectivity index (χ1n) is 8.86. The fourth-order valence-electron chi connectivity index (χ4n) is 2.78. The zero-order valence-electron chi connectivity index (χ0n) is 15.3. The van der Waals surface area contributed by atoms with Crippen molar-refractivity contribution in [3.63, 3.8) is 0 Å². The highest BCUT2D eigenvalue weighted by Crippen LogP contribution is 2.24. The molecule has 0 aliphatic heterocycles. The van der Waals surface area contributed by atoms with Crippen LogP contribution in [0.1, 0.15) is 11.3 Å². The van der Waals surface area contributed by atoms with E-state index < -0.39 is 4.92 Å². The van der Waals surface area contributed by atoms with Gasteiger partial charge in [0.1, 0.15) is 11.5 Å². The second-order valence-electron chi connectivity index (χ2n) is 6.13. The average molecular weight is 384 g/mol. The summed E-state index contributed by atoms with van der Waals surface area (Å²) in [5.74, 6) is 1.33. The number of ether oxygens (including phenoxy) is 1. The second-order valence-corrected chi connectivity index (χ2v) is 6.13. The Balaban J connectivity index is 1.73. The van der Waals surface area contributed by atoms with E-state index in [0.717, 1.165) is 5.56 Å². The van der Waals surface area contributed by atoms with Crippen molar-refractivity contribution in [2.24, 2.45) is 0 Å². The normalized spacial score (nSPS) is 11.2. The summed E-state index contributed by atoms with van der Waals surface area (Å²) in [7, 11) is 0. The molecule has 3 aromatic carbocycles. The number of nitrogens with zero attached hydrogens (tertiary/aromatic N) is 4. The van der Waals surface area contributed by atoms with E-state index in [0.29, 0.717) is 22.9 Å². The summed E-state index contributed by atoms with van der Waals surface area (Å²) < 4.78 is 7.72. The smallest absolute Gasteiger partial charge is 0.269 e. The van der Waals surface area contributed by atoms with E-state index >= 15 is 0 Å². The third-order valence-corrected chi connectivity index (χ3v) is 4.19. The lowest BCUT2D eigenvalue weighted by atomic mass is 10.1. The van der Waals surface area contributed by atoms with E-state index in [2.05, 4.69) is 10.3 Å². The highest BCUT2D eigenvalue weighted by molar-refractivity contribution is 5.77. The van der Waals surface area contributed by atoms with Crippen molar-refractivity contribution in [1.29, 1.82) is 0 Å². The number of aromatic nitrogens is 3. The first kappa shape index (κ1) is 18.1. The fourth-order valence-corrected chi connectivity index (χ4v) is 2.78. The Labute approximate surface area is 166 Å². The molecule has 7 nitrogen and oxygen atoms in total. The molecule has 0 unspecified atom stereocenters. The van der Waals surface area contributed by atoms with Gasteiger partial charge >= 0.3 is 0 Å². The van der Waals surface area contributed by atoms with Crippen LogP contribution in [0, 0.1) is 10.1 Å². The minimum atomic E-state index is -0.437. The SMILES string of the molecule is O=[N+]([O-])c1ccc(-n2nncc2/C=C(/Oc2ccccc2)c2ccccc2)cc1. The number of benzene rings is 3. The van der Waals surface area contributed by atoms with E-state index in [-0.39, 0.29) is 5.69 Å². The number of non-ortho nitro benzene ring substituents is 1. The van der Waals surface area contributed by atoms with E-state index in [4.69, 9.17) is 4.74 Å². The van der Waals surface area contributed by atoms with Gasteiger partial charge in [-0.15, -0.1) is 5.10 Å². The van der Waals surface area contributed by atoms with Crippen LogP contribution in [0.15, 0.2) is 91.1 Å². The zero-order valence-corrected chi connectivity index (χ0v) is 15.3. The fraction of sp³-hybridized carbons (Fsp3) is 0. The largest absolute Gasteiger partial charge is 0.457 e. The average Bonchev–Trinajstić information content (AvgIpc) is 3.23. The van der Waals surface area contributed by atoms with Gasteiger partial charge in [-0.1, -0.05) is 53.7 Å². The van der Waals surface area contributed by atoms with E-state index in [1.807, 2.05) is 66.7 Å². The minimum absolute atomic E-state index is 0.0170. The Morgan fingerprint density at radius 3 is 2.24 bits per heavy atom. The van der Waals surface area contributed by atoms with Crippen molar-refractivity contribution >= 4 is 17.5 Å². The molecular weight excluding hydrogens is 368 g/mol. The number of nitro groups is 1. The van der Waals surface area contributed by atoms with Crippen molar-refractivity contribution in [3.05, 3.63) is 112 Å². The molecule has 0 radical (unpaired) electrons. The van der Waals surface area contributed by atoms with Crippen LogP contribution in [0.4, 0.5) is 5.69 Å². The number of para-hydroxylation sites is 1. The summed E-state index contributed by atoms with van der Waals surface area (Å²) in [4.78, 5) is 10.4. The maximum Gasteiger partial charge on any atom is 0.269 e. The standard InChI is InChI=1S/C22H16N4O3/c27-26(28)19-13-11-18(12-14-19)25-20(16-23-24-25)15-22(17-7-3-1-4-8-17)29-21-9-5-2-6-10-21/h1-16H/b22-15+. The number of hydrogen-bond donors (Lipinski definition) is 0. The van der Waals surface area contributed by atoms with Crippen LogP contribution in [0.25, 0.3) is 17.5 Å². The molecule has 0 saturated carbocycles. The Hall–Kier alpha value is -4.26. The van der Waals surface area contributed by atoms with Gasteiger partial charge < -0.3 is 4.74 Å². The summed E-state index contributed by atoms with van der Waals surface area (Å²) >= 11 is 0. The Morgan fingerprint density at radius 1 is 0.931 bits per heavy atom. The molecule has 0 aliphatic rings. The van der Waals surface area contributed by atoms with Crippen LogP contribution in [0.5, 0.6) is 5.75 Å². The second kappa shape index (κ2) is 8.18. The Morgan fingerprint density at radius 2 is 1.59 bits per heavy atom. The van der Waals surface area contributed by atoms with Crippen LogP contribution in [0.3, 0.4) is 0 Å². The molecule has 29 heavy (non-hydrogen) atoms. The molecular formula is C22H16N4O3. The molecule has 0 amide bonds. The monoisotopic (exact) mass is 384 g/mol. The molecule has 1 heterocycles. The van der Waals surface area contributed by atoms with Crippen LogP contribution in [0.2, 0.25) is 0 Å². The van der Waals surface area contributed by atoms with Crippen molar-refractivity contribution < 1.29 is 9.66 Å². The van der Waals surface area contributed by atoms with Crippen LogP contribution in [-0.2, 0) is 0 Å². The zero-order chi connectivity index (χ0) is 20.1. The molecule has 0 saturated heterocycles. The molecule has 0 atom stereocenters. The predicted octanol–water partition coefficient (Wildman–Crippen LogP) is 4.75. The van der Waals surface area contributed by atoms with Crippen molar-refractivity contribution in [2.45, 2.75) is 0 Å². The predicted molar refractivity (Wildman–Crippen MR) is 109 cm³/mol. The quantitative estimate of drug-likeness (QED) is 0.272. The summed E-state index contributed by atoms with van der Waals surface area (Å²) in [5, 5.41) is 19.0. The summed E-state index contributed by atoms with van der Waals surface area (Å²) in [5.41, 5.74) is 2.25. The van der Waals surface area contributed by atoms with E-state index in [1.165, 1.54) is 12.1 Å². The van der Waals surface area contributed by atoms with Crippen molar-refractivity contribution in [1.82, 2.24) is 15.0 Å². The first-order valence-corrected chi connectivity index (χ1v) is 8.86. The lowest BCUT2D eigenvalue weighted by molar-refractivity contribution is -0.384. The molecule has 0 bridgehead atoms. The van der Waals surface area contributed by atoms with Gasteiger partial charge in [0, 0.05) is 23.8 Å². The van der Waals surface area contributed by atoms with Gasteiger partial charge in [-0.05, 0) is 24.3 Å². The Bertz CT molecular complexity index is 1140. The number of hydrogen-bond acceptors (Lipinski definition) is 5. The first-order chi connectivity index (χ1) is 14.2. The molecule has 7 heteroatoms. The molecule has 0 spiro atoms. The maximum atomic E-state index is 10.9. The highest BCUT2D eigenvalue weighted by Gasteiger charge is 2.11. The lowest BCUT2D eigenvalue weighted by Crippen LogP contribution is -2.01. The maximum absolute atomic E-state index is 10.9. The third-order valence-electron chi connectivity index (χ3n) is 4.19. The van der Waals surface area contributed by atoms with Gasteiger partial charge in [-0.25, -0.2) is 4.68 Å². The van der Waals surface area contributed by atoms with Gasteiger partial charge in [-0.2, -0.15) is 0 Å². The van der Waals surface area contributed by atoms with Crippen molar-refractivity contribution in [2.75, 3.05) is 0 Å².